The second-order valence-electron chi connectivity index (χ2n) is 9.51. The van der Waals surface area contributed by atoms with Crippen LogP contribution in [0.15, 0.2) is 84.0 Å². The van der Waals surface area contributed by atoms with Crippen LogP contribution < -0.4 is 9.64 Å². The first-order valence-electron chi connectivity index (χ1n) is 12.3. The number of amides is 1. The van der Waals surface area contributed by atoms with Crippen LogP contribution >= 0.6 is 0 Å². The minimum Gasteiger partial charge on any atom is -0.497 e. The number of likely N-dealkylation sites (N-methyl/N-ethyl adjacent to an activating group) is 1. The van der Waals surface area contributed by atoms with Crippen molar-refractivity contribution in [2.75, 3.05) is 27.2 Å². The van der Waals surface area contributed by atoms with Crippen LogP contribution in [0.25, 0.3) is 0 Å². The number of carbonyl (C=O) groups is 1. The molecule has 1 aromatic heterocycles. The molecule has 2 aromatic carbocycles. The molecule has 37 heavy (non-hydrogen) atoms. The summed E-state index contributed by atoms with van der Waals surface area (Å²) in [6, 6.07) is 18.5. The fourth-order valence-electron chi connectivity index (χ4n) is 4.25. The lowest BCUT2D eigenvalue weighted by Gasteiger charge is -2.32. The minimum atomic E-state index is -3.91. The first-order chi connectivity index (χ1) is 17.6. The summed E-state index contributed by atoms with van der Waals surface area (Å²) in [4.78, 5) is 17.9. The highest BCUT2D eigenvalue weighted by Crippen LogP contribution is 2.21. The molecule has 3 rings (SSSR count). The molecule has 2 N–H and O–H groups in total. The lowest BCUT2D eigenvalue weighted by Crippen LogP contribution is -3.17. The number of aliphatic hydroxyl groups excluding tert-OH is 1. The number of methoxy groups -OCH3 is 1. The number of rotatable bonds is 12. The molecular weight excluding hydrogens is 490 g/mol. The number of hydrogen-bond donors (Lipinski definition) is 2. The van der Waals surface area contributed by atoms with Crippen molar-refractivity contribution in [3.05, 3.63) is 90.3 Å². The van der Waals surface area contributed by atoms with Crippen molar-refractivity contribution in [2.45, 2.75) is 37.3 Å². The van der Waals surface area contributed by atoms with Crippen molar-refractivity contribution in [1.29, 1.82) is 0 Å². The normalized spacial score (nSPS) is 14.4. The molecule has 3 aromatic rings. The van der Waals surface area contributed by atoms with Crippen LogP contribution in [0.2, 0.25) is 0 Å². The lowest BCUT2D eigenvalue weighted by atomic mass is 9.99. The summed E-state index contributed by atoms with van der Waals surface area (Å²) >= 11 is 0. The highest BCUT2D eigenvalue weighted by molar-refractivity contribution is 7.89. The third-order valence-electron chi connectivity index (χ3n) is 6.26. The first kappa shape index (κ1) is 28.5. The molecule has 0 radical (unpaired) electrons. The van der Waals surface area contributed by atoms with Gasteiger partial charge in [-0.3, -0.25) is 9.88 Å². The van der Waals surface area contributed by atoms with Crippen molar-refractivity contribution in [3.63, 3.8) is 0 Å². The molecule has 3 atom stereocenters. The number of pyridine rings is 1. The zero-order valence-electron chi connectivity index (χ0n) is 21.7. The Labute approximate surface area is 219 Å². The molecule has 0 saturated heterocycles. The van der Waals surface area contributed by atoms with Crippen LogP contribution in [0.3, 0.4) is 0 Å². The number of ether oxygens (including phenoxy) is 1. The number of hydrogen-bond acceptors (Lipinski definition) is 6. The van der Waals surface area contributed by atoms with Gasteiger partial charge in [0.25, 0.3) is 0 Å². The van der Waals surface area contributed by atoms with Gasteiger partial charge in [0, 0.05) is 31.9 Å². The predicted octanol–water partition coefficient (Wildman–Crippen LogP) is 2.06. The maximum atomic E-state index is 13.6. The Morgan fingerprint density at radius 1 is 1.03 bits per heavy atom. The number of benzene rings is 2. The van der Waals surface area contributed by atoms with Crippen LogP contribution in [0.5, 0.6) is 5.75 Å². The molecule has 0 aliphatic rings. The van der Waals surface area contributed by atoms with Gasteiger partial charge in [-0.25, -0.2) is 13.2 Å². The molecule has 0 saturated carbocycles. The molecule has 0 aliphatic carbocycles. The van der Waals surface area contributed by atoms with E-state index < -0.39 is 22.2 Å². The van der Waals surface area contributed by atoms with Crippen molar-refractivity contribution in [1.82, 2.24) is 9.29 Å². The van der Waals surface area contributed by atoms with Gasteiger partial charge in [-0.2, -0.15) is 4.31 Å². The zero-order chi connectivity index (χ0) is 27.0. The Kier molecular flexibility index (Phi) is 9.93. The van der Waals surface area contributed by atoms with E-state index in [4.69, 9.17) is 4.74 Å². The molecule has 0 fully saturated rings. The standard InChI is InChI=1S/C28H35N3O5S/c1-21(2)19-31(37(34,35)25-14-12-24(36-4)13-15-25)20-27(32)26(17-22-9-6-5-7-10-22)30(3)28(33)23-11-8-16-29-18-23/h5-16,18,21,26-27,32H,17,19-20H2,1-4H3/p+1/t26-,27+/m0/s1. The highest BCUT2D eigenvalue weighted by atomic mass is 32.2. The highest BCUT2D eigenvalue weighted by Gasteiger charge is 2.37. The Morgan fingerprint density at radius 3 is 2.27 bits per heavy atom. The van der Waals surface area contributed by atoms with E-state index in [2.05, 4.69) is 4.98 Å². The van der Waals surface area contributed by atoms with E-state index >= 15 is 0 Å². The van der Waals surface area contributed by atoms with Crippen LogP contribution in [-0.2, 0) is 16.4 Å². The SMILES string of the molecule is COc1ccc(S(=O)(=O)N(CC(C)C)C[C@@H](O)[C@H](Cc2ccccc2)[NH+](C)C(=O)c2cccnc2)cc1. The Bertz CT molecular complexity index is 1240. The number of nitrogens with one attached hydrogen (secondary N) is 1. The molecule has 8 nitrogen and oxygen atoms in total. The maximum Gasteiger partial charge on any atom is 0.345 e. The van der Waals surface area contributed by atoms with Crippen molar-refractivity contribution in [3.8, 4) is 5.75 Å². The number of aliphatic hydroxyl groups is 1. The lowest BCUT2D eigenvalue weighted by molar-refractivity contribution is -0.825. The molecule has 9 heteroatoms. The summed E-state index contributed by atoms with van der Waals surface area (Å²) in [6.07, 6.45) is 2.36. The molecule has 1 heterocycles. The average molecular weight is 527 g/mol. The van der Waals surface area contributed by atoms with E-state index in [1.165, 1.54) is 29.7 Å². The second-order valence-corrected chi connectivity index (χ2v) is 11.4. The topological polar surface area (TPSA) is 101 Å². The van der Waals surface area contributed by atoms with Gasteiger partial charge < -0.3 is 9.84 Å². The molecule has 198 valence electrons. The summed E-state index contributed by atoms with van der Waals surface area (Å²) in [6.45, 7) is 3.92. The maximum absolute atomic E-state index is 13.6. The van der Waals surface area contributed by atoms with Crippen molar-refractivity contribution >= 4 is 15.9 Å². The van der Waals surface area contributed by atoms with Gasteiger partial charge in [-0.15, -0.1) is 0 Å². The summed E-state index contributed by atoms with van der Waals surface area (Å²) < 4.78 is 33.7. The van der Waals surface area contributed by atoms with Crippen LogP contribution in [-0.4, -0.2) is 68.1 Å². The molecule has 1 unspecified atom stereocenters. The Balaban J connectivity index is 1.92. The summed E-state index contributed by atoms with van der Waals surface area (Å²) in [7, 11) is -0.684. The number of aromatic nitrogens is 1. The summed E-state index contributed by atoms with van der Waals surface area (Å²) in [5.41, 5.74) is 1.37. The number of quaternary nitrogens is 1. The second kappa shape index (κ2) is 12.9. The van der Waals surface area contributed by atoms with Crippen molar-refractivity contribution in [2.24, 2.45) is 5.92 Å². The van der Waals surface area contributed by atoms with Crippen LogP contribution in [0.1, 0.15) is 29.8 Å². The van der Waals surface area contributed by atoms with Gasteiger partial charge in [-0.1, -0.05) is 44.2 Å². The number of carbonyl (C=O) groups excluding carboxylic acids is 1. The van der Waals surface area contributed by atoms with E-state index in [0.717, 1.165) is 5.56 Å². The largest absolute Gasteiger partial charge is 0.497 e. The Morgan fingerprint density at radius 2 is 1.70 bits per heavy atom. The smallest absolute Gasteiger partial charge is 0.345 e. The zero-order valence-corrected chi connectivity index (χ0v) is 22.6. The Hall–Kier alpha value is -3.11. The third kappa shape index (κ3) is 7.45. The van der Waals surface area contributed by atoms with E-state index in [1.807, 2.05) is 44.2 Å². The average Bonchev–Trinajstić information content (AvgIpc) is 2.91. The van der Waals surface area contributed by atoms with Gasteiger partial charge >= 0.3 is 5.91 Å². The molecule has 0 spiro atoms. The predicted molar refractivity (Wildman–Crippen MR) is 142 cm³/mol. The molecular formula is C28H36N3O5S+. The first-order valence-corrected chi connectivity index (χ1v) is 13.7. The van der Waals surface area contributed by atoms with E-state index in [0.29, 0.717) is 22.6 Å². The molecule has 0 bridgehead atoms. The number of nitrogens with zero attached hydrogens (tertiary/aromatic N) is 2. The fraction of sp³-hybridized carbons (Fsp3) is 0.357. The van der Waals surface area contributed by atoms with E-state index in [-0.39, 0.29) is 29.8 Å². The van der Waals surface area contributed by atoms with E-state index in [1.54, 1.807) is 37.5 Å². The minimum absolute atomic E-state index is 0.0231. The monoisotopic (exact) mass is 526 g/mol. The molecule has 1 amide bonds. The summed E-state index contributed by atoms with van der Waals surface area (Å²) in [5, 5.41) is 11.5. The van der Waals surface area contributed by atoms with Crippen molar-refractivity contribution < 1.29 is 28.0 Å². The van der Waals surface area contributed by atoms with Gasteiger partial charge in [0.05, 0.1) is 24.6 Å². The summed E-state index contributed by atoms with van der Waals surface area (Å²) in [5.74, 6) is 0.354. The van der Waals surface area contributed by atoms with Gasteiger partial charge in [0.1, 0.15) is 17.9 Å². The van der Waals surface area contributed by atoms with Gasteiger partial charge in [0.2, 0.25) is 10.0 Å². The van der Waals surface area contributed by atoms with Gasteiger partial charge in [-0.05, 0) is 47.9 Å². The van der Waals surface area contributed by atoms with Crippen LogP contribution in [0.4, 0.5) is 0 Å². The van der Waals surface area contributed by atoms with Crippen LogP contribution in [0, 0.1) is 5.92 Å². The molecule has 0 aliphatic heterocycles. The fourth-order valence-corrected chi connectivity index (χ4v) is 5.87. The van der Waals surface area contributed by atoms with E-state index in [9.17, 15) is 18.3 Å². The quantitative estimate of drug-likeness (QED) is 0.375. The third-order valence-corrected chi connectivity index (χ3v) is 8.10. The van der Waals surface area contributed by atoms with Gasteiger partial charge in [0.15, 0.2) is 0 Å². The number of sulfonamides is 1.